The molecule has 1 aliphatic rings. The molecule has 0 spiro atoms. The van der Waals surface area contributed by atoms with Gasteiger partial charge in [0.2, 0.25) is 0 Å². The van der Waals surface area contributed by atoms with Crippen LogP contribution in [0, 0.1) is 5.41 Å². The Morgan fingerprint density at radius 3 is 2.19 bits per heavy atom. The standard InChI is InChI=1S/C17H30N4/c1-6-10-18-13-11-14(19-12-17(7-2)8-9-17)21-15(20-13)16(3,4)5/h11H,6-10,12H2,1-5H3,(H2,18,19,20,21). The van der Waals surface area contributed by atoms with Crippen LogP contribution in [-0.2, 0) is 5.41 Å². The summed E-state index contributed by atoms with van der Waals surface area (Å²) in [4.78, 5) is 9.38. The highest BCUT2D eigenvalue weighted by atomic mass is 15.1. The van der Waals surface area contributed by atoms with Crippen LogP contribution in [0.4, 0.5) is 11.6 Å². The first-order valence-electron chi connectivity index (χ1n) is 8.26. The molecule has 2 N–H and O–H groups in total. The minimum absolute atomic E-state index is 0.0393. The van der Waals surface area contributed by atoms with Crippen LogP contribution >= 0.6 is 0 Å². The molecule has 1 aromatic heterocycles. The fraction of sp³-hybridized carbons (Fsp3) is 0.765. The van der Waals surface area contributed by atoms with Crippen LogP contribution in [0.5, 0.6) is 0 Å². The molecule has 1 fully saturated rings. The van der Waals surface area contributed by atoms with Gasteiger partial charge in [0.1, 0.15) is 17.5 Å². The predicted octanol–water partition coefficient (Wildman–Crippen LogP) is 4.20. The second-order valence-corrected chi connectivity index (χ2v) is 7.35. The molecule has 0 unspecified atom stereocenters. The summed E-state index contributed by atoms with van der Waals surface area (Å²) in [6.45, 7) is 12.9. The van der Waals surface area contributed by atoms with E-state index in [4.69, 9.17) is 4.98 Å². The molecule has 0 amide bonds. The zero-order valence-electron chi connectivity index (χ0n) is 14.2. The summed E-state index contributed by atoms with van der Waals surface area (Å²) in [5.41, 5.74) is 0.478. The van der Waals surface area contributed by atoms with Gasteiger partial charge >= 0.3 is 0 Å². The van der Waals surface area contributed by atoms with E-state index in [0.717, 1.165) is 37.0 Å². The maximum Gasteiger partial charge on any atom is 0.138 e. The number of anilines is 2. The van der Waals surface area contributed by atoms with Gasteiger partial charge in [0, 0.05) is 24.6 Å². The van der Waals surface area contributed by atoms with Crippen molar-refractivity contribution in [3.63, 3.8) is 0 Å². The Kier molecular flexibility index (Phi) is 4.74. The van der Waals surface area contributed by atoms with Crippen molar-refractivity contribution >= 4 is 11.6 Å². The molecule has 0 radical (unpaired) electrons. The first-order valence-corrected chi connectivity index (χ1v) is 8.26. The maximum absolute atomic E-state index is 4.72. The number of hydrogen-bond acceptors (Lipinski definition) is 4. The van der Waals surface area contributed by atoms with E-state index in [1.165, 1.54) is 19.3 Å². The SMILES string of the molecule is CCCNc1cc(NCC2(CC)CC2)nc(C(C)(C)C)n1. The monoisotopic (exact) mass is 290 g/mol. The van der Waals surface area contributed by atoms with Crippen LogP contribution in [0.15, 0.2) is 6.07 Å². The summed E-state index contributed by atoms with van der Waals surface area (Å²) in [6, 6.07) is 2.04. The summed E-state index contributed by atoms with van der Waals surface area (Å²) in [7, 11) is 0. The Morgan fingerprint density at radius 2 is 1.71 bits per heavy atom. The van der Waals surface area contributed by atoms with Crippen molar-refractivity contribution in [1.29, 1.82) is 0 Å². The van der Waals surface area contributed by atoms with Gasteiger partial charge in [-0.05, 0) is 31.1 Å². The van der Waals surface area contributed by atoms with Crippen LogP contribution in [0.2, 0.25) is 0 Å². The predicted molar refractivity (Wildman–Crippen MR) is 90.0 cm³/mol. The van der Waals surface area contributed by atoms with Crippen molar-refractivity contribution < 1.29 is 0 Å². The molecule has 1 aliphatic carbocycles. The van der Waals surface area contributed by atoms with Crippen molar-refractivity contribution in [1.82, 2.24) is 9.97 Å². The molecule has 1 heterocycles. The molecule has 4 heteroatoms. The lowest BCUT2D eigenvalue weighted by Crippen LogP contribution is -2.20. The van der Waals surface area contributed by atoms with Gasteiger partial charge in [-0.2, -0.15) is 0 Å². The highest BCUT2D eigenvalue weighted by Crippen LogP contribution is 2.48. The number of nitrogens with one attached hydrogen (secondary N) is 2. The van der Waals surface area contributed by atoms with Crippen molar-refractivity contribution in [3.05, 3.63) is 11.9 Å². The Morgan fingerprint density at radius 1 is 1.10 bits per heavy atom. The first-order chi connectivity index (χ1) is 9.88. The number of rotatable bonds is 7. The van der Waals surface area contributed by atoms with Gasteiger partial charge in [-0.15, -0.1) is 0 Å². The molecule has 118 valence electrons. The lowest BCUT2D eigenvalue weighted by atomic mass is 9.96. The summed E-state index contributed by atoms with van der Waals surface area (Å²) < 4.78 is 0. The van der Waals surface area contributed by atoms with Gasteiger partial charge in [0.25, 0.3) is 0 Å². The number of aromatic nitrogens is 2. The van der Waals surface area contributed by atoms with E-state index in [0.29, 0.717) is 5.41 Å². The minimum atomic E-state index is -0.0393. The maximum atomic E-state index is 4.72. The quantitative estimate of drug-likeness (QED) is 0.790. The molecular weight excluding hydrogens is 260 g/mol. The fourth-order valence-corrected chi connectivity index (χ4v) is 2.33. The summed E-state index contributed by atoms with van der Waals surface area (Å²) >= 11 is 0. The molecule has 0 aromatic carbocycles. The van der Waals surface area contributed by atoms with Crippen molar-refractivity contribution in [3.8, 4) is 0 Å². The van der Waals surface area contributed by atoms with E-state index in [1.807, 2.05) is 6.07 Å². The zero-order chi connectivity index (χ0) is 15.5. The molecule has 0 bridgehead atoms. The van der Waals surface area contributed by atoms with Crippen LogP contribution in [-0.4, -0.2) is 23.1 Å². The van der Waals surface area contributed by atoms with Crippen molar-refractivity contribution in [2.75, 3.05) is 23.7 Å². The zero-order valence-corrected chi connectivity index (χ0v) is 14.2. The van der Waals surface area contributed by atoms with E-state index in [1.54, 1.807) is 0 Å². The normalized spacial score (nSPS) is 16.6. The smallest absolute Gasteiger partial charge is 0.138 e. The van der Waals surface area contributed by atoms with Gasteiger partial charge in [-0.25, -0.2) is 9.97 Å². The lowest BCUT2D eigenvalue weighted by Gasteiger charge is -2.20. The topological polar surface area (TPSA) is 49.8 Å². The van der Waals surface area contributed by atoms with Crippen LogP contribution in [0.3, 0.4) is 0 Å². The third-order valence-electron chi connectivity index (χ3n) is 4.30. The average Bonchev–Trinajstić information content (AvgIpc) is 3.22. The summed E-state index contributed by atoms with van der Waals surface area (Å²) in [5, 5.41) is 6.92. The van der Waals surface area contributed by atoms with Gasteiger partial charge in [-0.1, -0.05) is 34.6 Å². The first kappa shape index (κ1) is 16.1. The van der Waals surface area contributed by atoms with Crippen molar-refractivity contribution in [2.45, 2.75) is 65.7 Å². The molecule has 0 saturated heterocycles. The average molecular weight is 290 g/mol. The Bertz CT molecular complexity index is 472. The molecule has 0 atom stereocenters. The van der Waals surface area contributed by atoms with Crippen LogP contribution in [0.25, 0.3) is 0 Å². The van der Waals surface area contributed by atoms with Gasteiger partial charge in [-0.3, -0.25) is 0 Å². The van der Waals surface area contributed by atoms with Gasteiger partial charge in [0.05, 0.1) is 0 Å². The van der Waals surface area contributed by atoms with Gasteiger partial charge < -0.3 is 10.6 Å². The second kappa shape index (κ2) is 6.20. The Balaban J connectivity index is 2.14. The molecular formula is C17H30N4. The molecule has 4 nitrogen and oxygen atoms in total. The number of nitrogens with zero attached hydrogens (tertiary/aromatic N) is 2. The number of hydrogen-bond donors (Lipinski definition) is 2. The second-order valence-electron chi connectivity index (χ2n) is 7.35. The highest BCUT2D eigenvalue weighted by molar-refractivity contribution is 5.48. The van der Waals surface area contributed by atoms with Crippen LogP contribution < -0.4 is 10.6 Å². The largest absolute Gasteiger partial charge is 0.370 e. The van der Waals surface area contributed by atoms with E-state index < -0.39 is 0 Å². The van der Waals surface area contributed by atoms with Gasteiger partial charge in [0.15, 0.2) is 0 Å². The summed E-state index contributed by atoms with van der Waals surface area (Å²) in [5.74, 6) is 2.78. The molecule has 2 rings (SSSR count). The van der Waals surface area contributed by atoms with Crippen LogP contribution in [0.1, 0.15) is 66.1 Å². The Labute approximate surface area is 129 Å². The van der Waals surface area contributed by atoms with E-state index >= 15 is 0 Å². The Hall–Kier alpha value is -1.32. The van der Waals surface area contributed by atoms with E-state index in [2.05, 4.69) is 50.2 Å². The molecule has 1 saturated carbocycles. The third-order valence-corrected chi connectivity index (χ3v) is 4.30. The molecule has 1 aromatic rings. The summed E-state index contributed by atoms with van der Waals surface area (Å²) in [6.07, 6.45) is 5.03. The lowest BCUT2D eigenvalue weighted by molar-refractivity contribution is 0.518. The van der Waals surface area contributed by atoms with Crippen molar-refractivity contribution in [2.24, 2.45) is 5.41 Å². The minimum Gasteiger partial charge on any atom is -0.370 e. The third kappa shape index (κ3) is 4.32. The van der Waals surface area contributed by atoms with E-state index in [9.17, 15) is 0 Å². The fourth-order valence-electron chi connectivity index (χ4n) is 2.33. The molecule has 0 aliphatic heterocycles. The van der Waals surface area contributed by atoms with E-state index in [-0.39, 0.29) is 5.41 Å². The highest BCUT2D eigenvalue weighted by Gasteiger charge is 2.40. The molecule has 21 heavy (non-hydrogen) atoms.